The molecule has 0 saturated carbocycles. The number of carbonyl (C=O) groups excluding carboxylic acids is 1. The second kappa shape index (κ2) is 7.38. The molecule has 0 spiro atoms. The zero-order valence-electron chi connectivity index (χ0n) is 14.9. The van der Waals surface area contributed by atoms with Gasteiger partial charge in [-0.15, -0.1) is 11.3 Å². The van der Waals surface area contributed by atoms with Gasteiger partial charge in [0.15, 0.2) is 10.7 Å². The number of carbonyl (C=O) groups is 1. The summed E-state index contributed by atoms with van der Waals surface area (Å²) in [5.41, 5.74) is 4.95. The smallest absolute Gasteiger partial charge is 0.284 e. The third kappa shape index (κ3) is 3.45. The highest BCUT2D eigenvalue weighted by Crippen LogP contribution is 2.23. The van der Waals surface area contributed by atoms with Gasteiger partial charge in [0.25, 0.3) is 5.56 Å². The van der Waals surface area contributed by atoms with Crippen LogP contribution in [0.3, 0.4) is 0 Å². The fraction of sp³-hybridized carbons (Fsp3) is 0.0952. The Kier molecular flexibility index (Phi) is 4.77. The van der Waals surface area contributed by atoms with Crippen molar-refractivity contribution in [2.24, 2.45) is 0 Å². The van der Waals surface area contributed by atoms with Gasteiger partial charge >= 0.3 is 0 Å². The third-order valence-corrected chi connectivity index (χ3v) is 5.39. The Morgan fingerprint density at radius 2 is 1.96 bits per heavy atom. The number of hydrogen-bond acceptors (Lipinski definition) is 7. The number of nitrogens with zero attached hydrogens (tertiary/aromatic N) is 1. The number of ketones is 1. The molecule has 2 aromatic carbocycles. The number of rotatable bonds is 5. The second-order valence-electron chi connectivity index (χ2n) is 6.39. The molecule has 28 heavy (non-hydrogen) atoms. The summed E-state index contributed by atoms with van der Waals surface area (Å²) < 4.78 is 5.75. The number of benzene rings is 2. The number of nitrogens with one attached hydrogen (secondary N) is 1. The van der Waals surface area contributed by atoms with E-state index in [9.17, 15) is 9.59 Å². The molecule has 2 heterocycles. The molecule has 0 unspecified atom stereocenters. The van der Waals surface area contributed by atoms with Gasteiger partial charge in [0.2, 0.25) is 5.89 Å². The van der Waals surface area contributed by atoms with E-state index < -0.39 is 0 Å². The Bertz CT molecular complexity index is 1230. The average molecular weight is 392 g/mol. The molecule has 4 aromatic rings. The van der Waals surface area contributed by atoms with E-state index >= 15 is 0 Å². The Morgan fingerprint density at radius 1 is 1.18 bits per heavy atom. The number of aryl methyl sites for hydroxylation is 1. The molecule has 0 amide bonds. The number of hydrogen-bond donors (Lipinski definition) is 2. The van der Waals surface area contributed by atoms with E-state index in [-0.39, 0.29) is 11.3 Å². The fourth-order valence-electron chi connectivity index (χ4n) is 2.97. The molecule has 0 aliphatic rings. The lowest BCUT2D eigenvalue weighted by atomic mass is 10.0. The van der Waals surface area contributed by atoms with E-state index in [1.54, 1.807) is 36.4 Å². The highest BCUT2D eigenvalue weighted by atomic mass is 32.1. The first-order valence-corrected chi connectivity index (χ1v) is 9.45. The van der Waals surface area contributed by atoms with Gasteiger partial charge in [-0.3, -0.25) is 20.3 Å². The van der Waals surface area contributed by atoms with Crippen molar-refractivity contribution in [3.05, 3.63) is 92.4 Å². The van der Waals surface area contributed by atoms with Crippen molar-refractivity contribution >= 4 is 33.1 Å². The number of anilines is 1. The molecule has 6 nitrogen and oxygen atoms in total. The summed E-state index contributed by atoms with van der Waals surface area (Å²) in [5.74, 6) is 0.198. The molecule has 4 rings (SSSR count). The van der Waals surface area contributed by atoms with E-state index in [2.05, 4.69) is 4.98 Å². The monoisotopic (exact) mass is 392 g/mol. The normalized spacial score (nSPS) is 10.9. The largest absolute Gasteiger partial charge is 0.431 e. The summed E-state index contributed by atoms with van der Waals surface area (Å²) in [6.07, 6.45) is 0.362. The van der Waals surface area contributed by atoms with Crippen LogP contribution in [0.4, 0.5) is 5.69 Å². The van der Waals surface area contributed by atoms with E-state index in [0.717, 1.165) is 11.1 Å². The zero-order chi connectivity index (χ0) is 19.7. The van der Waals surface area contributed by atoms with Gasteiger partial charge in [-0.2, -0.15) is 4.98 Å². The highest BCUT2D eigenvalue weighted by molar-refractivity contribution is 7.16. The maximum atomic E-state index is 12.6. The highest BCUT2D eigenvalue weighted by Gasteiger charge is 2.13. The molecular weight excluding hydrogens is 376 g/mol. The SMILES string of the molecule is Cc1csc2oc(Cc3ccc(C(=O)c4cccc(NO)c4)cc3)nc(=O)c12. The quantitative estimate of drug-likeness (QED) is 0.391. The first-order valence-electron chi connectivity index (χ1n) is 8.57. The molecule has 0 aliphatic heterocycles. The molecular formula is C21H16N2O4S. The molecule has 0 fully saturated rings. The Labute approximate surface area is 164 Å². The van der Waals surface area contributed by atoms with Crippen LogP contribution in [0.15, 0.2) is 63.1 Å². The van der Waals surface area contributed by atoms with E-state index in [0.29, 0.717) is 39.4 Å². The summed E-state index contributed by atoms with van der Waals surface area (Å²) >= 11 is 1.39. The predicted octanol–water partition coefficient (Wildman–Crippen LogP) is 4.18. The number of fused-ring (bicyclic) bond motifs is 1. The van der Waals surface area contributed by atoms with Gasteiger partial charge < -0.3 is 4.42 Å². The number of thiophene rings is 1. The van der Waals surface area contributed by atoms with Crippen LogP contribution < -0.4 is 11.0 Å². The minimum absolute atomic E-state index is 0.149. The molecule has 0 aliphatic carbocycles. The zero-order valence-corrected chi connectivity index (χ0v) is 15.7. The lowest BCUT2D eigenvalue weighted by Gasteiger charge is -2.05. The minimum atomic E-state index is -0.279. The standard InChI is InChI=1S/C21H16N2O4S/c1-12-11-28-21-18(12)20(25)22-17(27-21)9-13-5-7-14(8-6-13)19(24)15-3-2-4-16(10-15)23-26/h2-8,10-11,23,26H,9H2,1H3. The van der Waals surface area contributed by atoms with Crippen LogP contribution in [0.25, 0.3) is 10.3 Å². The van der Waals surface area contributed by atoms with Gasteiger partial charge in [0.1, 0.15) is 0 Å². The lowest BCUT2D eigenvalue weighted by molar-refractivity contribution is 0.103. The first-order chi connectivity index (χ1) is 13.5. The Morgan fingerprint density at radius 3 is 2.71 bits per heavy atom. The van der Waals surface area contributed by atoms with Crippen molar-refractivity contribution in [1.82, 2.24) is 4.98 Å². The molecule has 2 N–H and O–H groups in total. The summed E-state index contributed by atoms with van der Waals surface area (Å²) in [6, 6.07) is 13.7. The van der Waals surface area contributed by atoms with Gasteiger partial charge in [-0.1, -0.05) is 36.4 Å². The van der Waals surface area contributed by atoms with Crippen LogP contribution in [0.1, 0.15) is 32.9 Å². The fourth-order valence-corrected chi connectivity index (χ4v) is 3.88. The van der Waals surface area contributed by atoms with Crippen molar-refractivity contribution in [2.75, 3.05) is 5.48 Å². The van der Waals surface area contributed by atoms with Crippen molar-refractivity contribution in [2.45, 2.75) is 13.3 Å². The molecule has 140 valence electrons. The molecule has 0 radical (unpaired) electrons. The summed E-state index contributed by atoms with van der Waals surface area (Å²) in [6.45, 7) is 1.86. The maximum absolute atomic E-state index is 12.6. The van der Waals surface area contributed by atoms with Crippen molar-refractivity contribution < 1.29 is 14.4 Å². The molecule has 2 aromatic heterocycles. The van der Waals surface area contributed by atoms with E-state index in [1.807, 2.05) is 29.9 Å². The van der Waals surface area contributed by atoms with Crippen LogP contribution in [0.2, 0.25) is 0 Å². The van der Waals surface area contributed by atoms with Crippen LogP contribution in [0.5, 0.6) is 0 Å². The summed E-state index contributed by atoms with van der Waals surface area (Å²) in [5, 5.41) is 11.4. The van der Waals surface area contributed by atoms with Crippen LogP contribution in [-0.2, 0) is 6.42 Å². The van der Waals surface area contributed by atoms with Crippen molar-refractivity contribution in [3.63, 3.8) is 0 Å². The van der Waals surface area contributed by atoms with Crippen LogP contribution in [-0.4, -0.2) is 16.0 Å². The van der Waals surface area contributed by atoms with Crippen LogP contribution in [0, 0.1) is 6.92 Å². The van der Waals surface area contributed by atoms with Gasteiger partial charge in [0.05, 0.1) is 11.1 Å². The molecule has 0 atom stereocenters. The first kappa shape index (κ1) is 18.1. The summed E-state index contributed by atoms with van der Waals surface area (Å²) in [4.78, 5) is 29.4. The molecule has 0 bridgehead atoms. The third-order valence-electron chi connectivity index (χ3n) is 4.42. The Hall–Kier alpha value is -3.29. The van der Waals surface area contributed by atoms with Gasteiger partial charge in [-0.05, 0) is 35.6 Å². The molecule has 0 saturated heterocycles. The average Bonchev–Trinajstić information content (AvgIpc) is 3.09. The lowest BCUT2D eigenvalue weighted by Crippen LogP contribution is -2.09. The van der Waals surface area contributed by atoms with E-state index in [1.165, 1.54) is 11.3 Å². The van der Waals surface area contributed by atoms with Gasteiger partial charge in [-0.25, -0.2) is 0 Å². The van der Waals surface area contributed by atoms with Gasteiger partial charge in [0, 0.05) is 17.5 Å². The molecule has 7 heteroatoms. The van der Waals surface area contributed by atoms with Crippen LogP contribution >= 0.6 is 11.3 Å². The maximum Gasteiger partial charge on any atom is 0.284 e. The number of aromatic nitrogens is 1. The Balaban J connectivity index is 1.56. The predicted molar refractivity (Wildman–Crippen MR) is 107 cm³/mol. The topological polar surface area (TPSA) is 92.4 Å². The van der Waals surface area contributed by atoms with Crippen molar-refractivity contribution in [3.8, 4) is 0 Å². The van der Waals surface area contributed by atoms with Crippen molar-refractivity contribution in [1.29, 1.82) is 0 Å². The summed E-state index contributed by atoms with van der Waals surface area (Å²) in [7, 11) is 0. The minimum Gasteiger partial charge on any atom is -0.431 e. The second-order valence-corrected chi connectivity index (χ2v) is 7.23. The van der Waals surface area contributed by atoms with E-state index in [4.69, 9.17) is 9.62 Å².